The van der Waals surface area contributed by atoms with E-state index in [1.165, 1.54) is 12.8 Å². The standard InChI is InChI=1S/C14H15N3/c1-9-8-13(11-4-2-3-5-12(11)15)17-14(16-9)10-6-7-10/h2-5,8,10H,6-7,15H2,1H3. The summed E-state index contributed by atoms with van der Waals surface area (Å²) in [4.78, 5) is 9.13. The van der Waals surface area contributed by atoms with Crippen LogP contribution in [0, 0.1) is 6.92 Å². The molecule has 0 spiro atoms. The first kappa shape index (κ1) is 10.3. The first-order valence-corrected chi connectivity index (χ1v) is 5.94. The highest BCUT2D eigenvalue weighted by Gasteiger charge is 2.27. The molecule has 1 aromatic heterocycles. The minimum absolute atomic E-state index is 0.568. The number of nitrogens with zero attached hydrogens (tertiary/aromatic N) is 2. The Kier molecular flexibility index (Phi) is 2.32. The molecule has 2 aromatic rings. The van der Waals surface area contributed by atoms with Gasteiger partial charge in [-0.15, -0.1) is 0 Å². The van der Waals surface area contributed by atoms with Gasteiger partial charge in [0.05, 0.1) is 5.69 Å². The van der Waals surface area contributed by atoms with E-state index in [1.807, 2.05) is 37.3 Å². The van der Waals surface area contributed by atoms with Crippen molar-refractivity contribution in [3.63, 3.8) is 0 Å². The molecule has 3 rings (SSSR count). The monoisotopic (exact) mass is 225 g/mol. The molecule has 2 N–H and O–H groups in total. The minimum Gasteiger partial charge on any atom is -0.398 e. The van der Waals surface area contributed by atoms with Crippen LogP contribution in [0.4, 0.5) is 5.69 Å². The van der Waals surface area contributed by atoms with Crippen LogP contribution in [0.3, 0.4) is 0 Å². The van der Waals surface area contributed by atoms with E-state index in [-0.39, 0.29) is 0 Å². The topological polar surface area (TPSA) is 51.8 Å². The molecule has 3 nitrogen and oxygen atoms in total. The molecule has 17 heavy (non-hydrogen) atoms. The van der Waals surface area contributed by atoms with Crippen LogP contribution in [0.25, 0.3) is 11.3 Å². The summed E-state index contributed by atoms with van der Waals surface area (Å²) in [6.07, 6.45) is 2.43. The lowest BCUT2D eigenvalue weighted by Crippen LogP contribution is -1.99. The molecule has 3 heteroatoms. The Morgan fingerprint density at radius 3 is 2.65 bits per heavy atom. The van der Waals surface area contributed by atoms with Crippen molar-refractivity contribution in [3.8, 4) is 11.3 Å². The summed E-state index contributed by atoms with van der Waals surface area (Å²) in [6.45, 7) is 2.01. The number of nitrogen functional groups attached to an aromatic ring is 1. The number of rotatable bonds is 2. The van der Waals surface area contributed by atoms with Gasteiger partial charge >= 0.3 is 0 Å². The molecule has 1 aromatic carbocycles. The zero-order chi connectivity index (χ0) is 11.8. The second-order valence-electron chi connectivity index (χ2n) is 4.61. The Balaban J connectivity index is 2.11. The maximum atomic E-state index is 5.98. The van der Waals surface area contributed by atoms with Crippen LogP contribution in [0.1, 0.15) is 30.3 Å². The predicted octanol–water partition coefficient (Wildman–Crippen LogP) is 2.91. The molecule has 1 aliphatic carbocycles. The predicted molar refractivity (Wildman–Crippen MR) is 68.6 cm³/mol. The minimum atomic E-state index is 0.568. The maximum Gasteiger partial charge on any atom is 0.132 e. The smallest absolute Gasteiger partial charge is 0.132 e. The van der Waals surface area contributed by atoms with E-state index in [0.29, 0.717) is 5.92 Å². The molecule has 1 heterocycles. The van der Waals surface area contributed by atoms with E-state index in [2.05, 4.69) is 9.97 Å². The van der Waals surface area contributed by atoms with Crippen LogP contribution in [0.2, 0.25) is 0 Å². The average molecular weight is 225 g/mol. The largest absolute Gasteiger partial charge is 0.398 e. The third-order valence-electron chi connectivity index (χ3n) is 3.05. The van der Waals surface area contributed by atoms with Crippen molar-refractivity contribution in [2.45, 2.75) is 25.7 Å². The van der Waals surface area contributed by atoms with E-state index in [1.54, 1.807) is 0 Å². The second-order valence-corrected chi connectivity index (χ2v) is 4.61. The summed E-state index contributed by atoms with van der Waals surface area (Å²) in [5, 5.41) is 0. The quantitative estimate of drug-likeness (QED) is 0.799. The number of aryl methyl sites for hydroxylation is 1. The van der Waals surface area contributed by atoms with E-state index in [9.17, 15) is 0 Å². The molecule has 0 unspecified atom stereocenters. The zero-order valence-electron chi connectivity index (χ0n) is 9.85. The number of anilines is 1. The molecular formula is C14H15N3. The molecule has 0 saturated heterocycles. The Morgan fingerprint density at radius 1 is 1.18 bits per heavy atom. The van der Waals surface area contributed by atoms with Crippen LogP contribution >= 0.6 is 0 Å². The number of benzene rings is 1. The summed E-state index contributed by atoms with van der Waals surface area (Å²) in [7, 11) is 0. The van der Waals surface area contributed by atoms with Gasteiger partial charge in [0, 0.05) is 22.9 Å². The Bertz CT molecular complexity index is 559. The van der Waals surface area contributed by atoms with Crippen molar-refractivity contribution in [1.82, 2.24) is 9.97 Å². The van der Waals surface area contributed by atoms with Gasteiger partial charge in [-0.05, 0) is 31.9 Å². The van der Waals surface area contributed by atoms with Gasteiger partial charge in [0.1, 0.15) is 5.82 Å². The molecular weight excluding hydrogens is 210 g/mol. The van der Waals surface area contributed by atoms with Crippen molar-refractivity contribution in [3.05, 3.63) is 41.9 Å². The van der Waals surface area contributed by atoms with Crippen molar-refractivity contribution >= 4 is 5.69 Å². The van der Waals surface area contributed by atoms with Crippen LogP contribution in [-0.4, -0.2) is 9.97 Å². The lowest BCUT2D eigenvalue weighted by molar-refractivity contribution is 0.910. The lowest BCUT2D eigenvalue weighted by Gasteiger charge is -2.07. The fourth-order valence-electron chi connectivity index (χ4n) is 1.98. The second kappa shape index (κ2) is 3.84. The van der Waals surface area contributed by atoms with Gasteiger partial charge in [-0.25, -0.2) is 9.97 Å². The Morgan fingerprint density at radius 2 is 1.94 bits per heavy atom. The number of hydrogen-bond acceptors (Lipinski definition) is 3. The summed E-state index contributed by atoms with van der Waals surface area (Å²) >= 11 is 0. The number of hydrogen-bond donors (Lipinski definition) is 1. The van der Waals surface area contributed by atoms with Gasteiger partial charge < -0.3 is 5.73 Å². The molecule has 0 radical (unpaired) electrons. The third-order valence-corrected chi connectivity index (χ3v) is 3.05. The van der Waals surface area contributed by atoms with Crippen molar-refractivity contribution in [2.75, 3.05) is 5.73 Å². The molecule has 0 aliphatic heterocycles. The SMILES string of the molecule is Cc1cc(-c2ccccc2N)nc(C2CC2)n1. The van der Waals surface area contributed by atoms with Gasteiger partial charge in [0.2, 0.25) is 0 Å². The van der Waals surface area contributed by atoms with Crippen LogP contribution < -0.4 is 5.73 Å². The first-order valence-electron chi connectivity index (χ1n) is 5.94. The highest BCUT2D eigenvalue weighted by molar-refractivity contribution is 5.73. The van der Waals surface area contributed by atoms with Gasteiger partial charge in [-0.2, -0.15) is 0 Å². The zero-order valence-corrected chi connectivity index (χ0v) is 9.85. The fourth-order valence-corrected chi connectivity index (χ4v) is 1.98. The molecule has 1 saturated carbocycles. The number of para-hydroxylation sites is 1. The number of aromatic nitrogens is 2. The Labute approximate surface area is 101 Å². The van der Waals surface area contributed by atoms with E-state index < -0.39 is 0 Å². The highest BCUT2D eigenvalue weighted by atomic mass is 14.9. The van der Waals surface area contributed by atoms with Crippen LogP contribution in [-0.2, 0) is 0 Å². The van der Waals surface area contributed by atoms with Gasteiger partial charge in [0.25, 0.3) is 0 Å². The number of nitrogens with two attached hydrogens (primary N) is 1. The van der Waals surface area contributed by atoms with E-state index in [4.69, 9.17) is 5.73 Å². The van der Waals surface area contributed by atoms with Gasteiger partial charge in [-0.1, -0.05) is 18.2 Å². The van der Waals surface area contributed by atoms with Crippen molar-refractivity contribution in [2.24, 2.45) is 0 Å². The normalized spacial score (nSPS) is 14.9. The van der Waals surface area contributed by atoms with Crippen LogP contribution in [0.5, 0.6) is 0 Å². The Hall–Kier alpha value is -1.90. The summed E-state index contributed by atoms with van der Waals surface area (Å²) in [6, 6.07) is 9.84. The molecule has 0 atom stereocenters. The molecule has 1 fully saturated rings. The third kappa shape index (κ3) is 2.00. The van der Waals surface area contributed by atoms with Crippen molar-refractivity contribution < 1.29 is 0 Å². The van der Waals surface area contributed by atoms with E-state index >= 15 is 0 Å². The van der Waals surface area contributed by atoms with Crippen LogP contribution in [0.15, 0.2) is 30.3 Å². The molecule has 0 bridgehead atoms. The lowest BCUT2D eigenvalue weighted by atomic mass is 10.1. The first-order chi connectivity index (χ1) is 8.24. The summed E-state index contributed by atoms with van der Waals surface area (Å²) < 4.78 is 0. The fraction of sp³-hybridized carbons (Fsp3) is 0.286. The highest BCUT2D eigenvalue weighted by Crippen LogP contribution is 2.39. The maximum absolute atomic E-state index is 5.98. The average Bonchev–Trinajstić information content (AvgIpc) is 3.12. The molecule has 1 aliphatic rings. The summed E-state index contributed by atoms with van der Waals surface area (Å²) in [5.74, 6) is 1.54. The molecule has 86 valence electrons. The summed E-state index contributed by atoms with van der Waals surface area (Å²) in [5.41, 5.74) is 9.71. The van der Waals surface area contributed by atoms with Gasteiger partial charge in [0.15, 0.2) is 0 Å². The van der Waals surface area contributed by atoms with Crippen molar-refractivity contribution in [1.29, 1.82) is 0 Å². The van der Waals surface area contributed by atoms with Gasteiger partial charge in [-0.3, -0.25) is 0 Å². The molecule has 0 amide bonds. The van der Waals surface area contributed by atoms with E-state index in [0.717, 1.165) is 28.5 Å².